The molecule has 106 valence electrons. The summed E-state index contributed by atoms with van der Waals surface area (Å²) in [6.07, 6.45) is 0. The van der Waals surface area contributed by atoms with Crippen molar-refractivity contribution in [1.82, 2.24) is 10.2 Å². The van der Waals surface area contributed by atoms with Crippen LogP contribution < -0.4 is 5.32 Å². The minimum atomic E-state index is -1.41. The van der Waals surface area contributed by atoms with Gasteiger partial charge in [-0.25, -0.2) is 4.79 Å². The summed E-state index contributed by atoms with van der Waals surface area (Å²) < 4.78 is 0. The SMILES string of the molecule is CC1(c2ccc(Cl)cc2Cl)NC(=O)N(CC(=O)O)C1=O. The van der Waals surface area contributed by atoms with E-state index in [-0.39, 0.29) is 5.02 Å². The predicted octanol–water partition coefficient (Wildman–Crippen LogP) is 1.84. The first-order valence-corrected chi connectivity index (χ1v) is 6.32. The normalized spacial score (nSPS) is 22.1. The maximum atomic E-state index is 12.3. The number of carbonyl (C=O) groups is 3. The van der Waals surface area contributed by atoms with E-state index >= 15 is 0 Å². The molecule has 0 bridgehead atoms. The number of hydrogen-bond acceptors (Lipinski definition) is 3. The van der Waals surface area contributed by atoms with Crippen LogP contribution in [-0.2, 0) is 15.1 Å². The van der Waals surface area contributed by atoms with Crippen LogP contribution in [0.4, 0.5) is 4.79 Å². The highest BCUT2D eigenvalue weighted by Crippen LogP contribution is 2.34. The number of aliphatic carboxylic acids is 1. The number of imide groups is 1. The Kier molecular flexibility index (Phi) is 3.62. The van der Waals surface area contributed by atoms with Crippen LogP contribution in [0.3, 0.4) is 0 Å². The molecule has 1 saturated heterocycles. The average molecular weight is 317 g/mol. The van der Waals surface area contributed by atoms with Gasteiger partial charge in [0.15, 0.2) is 0 Å². The number of amides is 3. The fourth-order valence-electron chi connectivity index (χ4n) is 2.05. The van der Waals surface area contributed by atoms with E-state index in [1.165, 1.54) is 25.1 Å². The van der Waals surface area contributed by atoms with Crippen molar-refractivity contribution in [3.63, 3.8) is 0 Å². The average Bonchev–Trinajstić information content (AvgIpc) is 2.53. The van der Waals surface area contributed by atoms with Crippen LogP contribution in [0.5, 0.6) is 0 Å². The van der Waals surface area contributed by atoms with E-state index < -0.39 is 30.0 Å². The van der Waals surface area contributed by atoms with E-state index in [4.69, 9.17) is 28.3 Å². The summed E-state index contributed by atoms with van der Waals surface area (Å²) in [6, 6.07) is 3.73. The Bertz CT molecular complexity index is 619. The Morgan fingerprint density at radius 2 is 2.05 bits per heavy atom. The summed E-state index contributed by atoms with van der Waals surface area (Å²) in [5.74, 6) is -1.95. The van der Waals surface area contributed by atoms with Gasteiger partial charge in [-0.15, -0.1) is 0 Å². The summed E-state index contributed by atoms with van der Waals surface area (Å²) in [6.45, 7) is 0.760. The first-order valence-electron chi connectivity index (χ1n) is 5.57. The smallest absolute Gasteiger partial charge is 0.325 e. The van der Waals surface area contributed by atoms with Crippen LogP contribution in [0.1, 0.15) is 12.5 Å². The fourth-order valence-corrected chi connectivity index (χ4v) is 2.65. The van der Waals surface area contributed by atoms with Crippen molar-refractivity contribution in [3.8, 4) is 0 Å². The lowest BCUT2D eigenvalue weighted by Crippen LogP contribution is -2.41. The Labute approximate surface area is 124 Å². The van der Waals surface area contributed by atoms with Crippen molar-refractivity contribution in [1.29, 1.82) is 0 Å². The van der Waals surface area contributed by atoms with Gasteiger partial charge >= 0.3 is 12.0 Å². The number of carboxylic acids is 1. The Balaban J connectivity index is 2.43. The molecule has 0 saturated carbocycles. The number of urea groups is 1. The van der Waals surface area contributed by atoms with E-state index in [0.717, 1.165) is 0 Å². The standard InChI is InChI=1S/C12H10Cl2N2O4/c1-12(7-3-2-6(13)4-8(7)14)10(19)16(5-9(17)18)11(20)15-12/h2-4H,5H2,1H3,(H,15,20)(H,17,18). The second-order valence-corrected chi connectivity index (χ2v) is 5.31. The van der Waals surface area contributed by atoms with Crippen LogP contribution in [0, 0.1) is 0 Å². The van der Waals surface area contributed by atoms with Crippen molar-refractivity contribution in [2.75, 3.05) is 6.54 Å². The minimum absolute atomic E-state index is 0.214. The molecule has 0 aromatic heterocycles. The lowest BCUT2D eigenvalue weighted by atomic mass is 9.92. The van der Waals surface area contributed by atoms with E-state index in [0.29, 0.717) is 15.5 Å². The maximum Gasteiger partial charge on any atom is 0.325 e. The van der Waals surface area contributed by atoms with Crippen molar-refractivity contribution in [2.45, 2.75) is 12.5 Å². The van der Waals surface area contributed by atoms with Crippen LogP contribution in [-0.4, -0.2) is 34.5 Å². The number of halogens is 2. The molecule has 1 aromatic rings. The van der Waals surface area contributed by atoms with Crippen molar-refractivity contribution in [3.05, 3.63) is 33.8 Å². The third-order valence-electron chi connectivity index (χ3n) is 3.04. The highest BCUT2D eigenvalue weighted by atomic mass is 35.5. The molecule has 3 amide bonds. The van der Waals surface area contributed by atoms with Crippen LogP contribution in [0.15, 0.2) is 18.2 Å². The molecular weight excluding hydrogens is 307 g/mol. The molecule has 0 radical (unpaired) electrons. The molecule has 2 rings (SSSR count). The van der Waals surface area contributed by atoms with Crippen molar-refractivity contribution >= 4 is 41.1 Å². The number of hydrogen-bond donors (Lipinski definition) is 2. The lowest BCUT2D eigenvalue weighted by molar-refractivity contribution is -0.142. The number of rotatable bonds is 3. The van der Waals surface area contributed by atoms with Crippen LogP contribution in [0.25, 0.3) is 0 Å². The van der Waals surface area contributed by atoms with Gasteiger partial charge in [-0.2, -0.15) is 0 Å². The number of benzene rings is 1. The highest BCUT2D eigenvalue weighted by Gasteiger charge is 2.50. The zero-order valence-corrected chi connectivity index (χ0v) is 11.8. The highest BCUT2D eigenvalue weighted by molar-refractivity contribution is 6.35. The van der Waals surface area contributed by atoms with Gasteiger partial charge in [0.05, 0.1) is 0 Å². The van der Waals surface area contributed by atoms with Crippen molar-refractivity contribution in [2.24, 2.45) is 0 Å². The molecule has 20 heavy (non-hydrogen) atoms. The Morgan fingerprint density at radius 3 is 2.60 bits per heavy atom. The van der Waals surface area contributed by atoms with Crippen LogP contribution >= 0.6 is 23.2 Å². The van der Waals surface area contributed by atoms with Gasteiger partial charge in [0, 0.05) is 15.6 Å². The number of nitrogens with zero attached hydrogens (tertiary/aromatic N) is 1. The molecule has 1 aromatic carbocycles. The summed E-state index contributed by atoms with van der Waals surface area (Å²) >= 11 is 11.8. The lowest BCUT2D eigenvalue weighted by Gasteiger charge is -2.23. The van der Waals surface area contributed by atoms with E-state index in [1.54, 1.807) is 0 Å². The topological polar surface area (TPSA) is 86.7 Å². The molecule has 8 heteroatoms. The van der Waals surface area contributed by atoms with Gasteiger partial charge in [0.2, 0.25) is 0 Å². The molecule has 1 fully saturated rings. The predicted molar refractivity (Wildman–Crippen MR) is 71.7 cm³/mol. The van der Waals surface area contributed by atoms with Gasteiger partial charge in [-0.05, 0) is 19.1 Å². The molecule has 0 spiro atoms. The first-order chi connectivity index (χ1) is 9.25. The molecule has 1 aliphatic rings. The quantitative estimate of drug-likeness (QED) is 0.833. The van der Waals surface area contributed by atoms with Gasteiger partial charge in [-0.3, -0.25) is 14.5 Å². The third-order valence-corrected chi connectivity index (χ3v) is 3.59. The summed E-state index contributed by atoms with van der Waals surface area (Å²) in [4.78, 5) is 35.4. The molecule has 0 aliphatic carbocycles. The minimum Gasteiger partial charge on any atom is -0.480 e. The molecule has 2 N–H and O–H groups in total. The fraction of sp³-hybridized carbons (Fsp3) is 0.250. The maximum absolute atomic E-state index is 12.3. The van der Waals surface area contributed by atoms with E-state index in [2.05, 4.69) is 5.32 Å². The largest absolute Gasteiger partial charge is 0.480 e. The van der Waals surface area contributed by atoms with Gasteiger partial charge in [-0.1, -0.05) is 29.3 Å². The summed E-state index contributed by atoms with van der Waals surface area (Å²) in [5, 5.41) is 11.8. The van der Waals surface area contributed by atoms with Crippen LogP contribution in [0.2, 0.25) is 10.0 Å². The number of carbonyl (C=O) groups excluding carboxylic acids is 2. The first kappa shape index (κ1) is 14.6. The van der Waals surface area contributed by atoms with Gasteiger partial charge in [0.25, 0.3) is 5.91 Å². The molecule has 1 atom stereocenters. The molecule has 1 unspecified atom stereocenters. The van der Waals surface area contributed by atoms with E-state index in [9.17, 15) is 14.4 Å². The van der Waals surface area contributed by atoms with Gasteiger partial charge < -0.3 is 10.4 Å². The monoisotopic (exact) mass is 316 g/mol. The summed E-state index contributed by atoms with van der Waals surface area (Å²) in [7, 11) is 0. The number of nitrogens with one attached hydrogen (secondary N) is 1. The Morgan fingerprint density at radius 1 is 1.40 bits per heavy atom. The van der Waals surface area contributed by atoms with E-state index in [1.807, 2.05) is 0 Å². The molecule has 6 nitrogen and oxygen atoms in total. The third kappa shape index (κ3) is 2.32. The molecule has 1 aliphatic heterocycles. The Hall–Kier alpha value is -1.79. The second-order valence-electron chi connectivity index (χ2n) is 4.46. The van der Waals surface area contributed by atoms with Crippen molar-refractivity contribution < 1.29 is 19.5 Å². The number of carboxylic acid groups (broad SMARTS) is 1. The summed E-state index contributed by atoms with van der Waals surface area (Å²) in [5.41, 5.74) is -1.05. The zero-order valence-electron chi connectivity index (χ0n) is 10.3. The van der Waals surface area contributed by atoms with Gasteiger partial charge in [0.1, 0.15) is 12.1 Å². The molecular formula is C12H10Cl2N2O4. The second kappa shape index (κ2) is 4.96. The zero-order chi connectivity index (χ0) is 15.1. The molecule has 1 heterocycles.